The largest absolute Gasteiger partial charge is 0 e. The van der Waals surface area contributed by atoms with E-state index in [1.54, 1.807) is 0 Å². The summed E-state index contributed by atoms with van der Waals surface area (Å²) >= 11 is 0. The van der Waals surface area contributed by atoms with Crippen molar-refractivity contribution in [1.82, 2.24) is 0 Å². The number of hydrogen-bond donors (Lipinski definition) is 0. The summed E-state index contributed by atoms with van der Waals surface area (Å²) in [7, 11) is 0. The standard InChI is InChI=1S/6FH.Li.Ta.H/h6*1H;;;. The molecular formula is H7F6LiTa. The van der Waals surface area contributed by atoms with E-state index < -0.39 is 0 Å². The second kappa shape index (κ2) is 450. The molecule has 0 aliphatic carbocycles. The third-order valence-electron chi connectivity index (χ3n) is 0. The van der Waals surface area contributed by atoms with E-state index in [-0.39, 0.29) is 69.5 Å². The Hall–Kier alpha value is 0.918. The predicted molar refractivity (Wildman–Crippen MR) is 22.2 cm³/mol. The molecule has 55 valence electrons. The summed E-state index contributed by atoms with van der Waals surface area (Å²) in [4.78, 5) is 0. The van der Waals surface area contributed by atoms with Crippen LogP contribution in [0.4, 0.5) is 28.2 Å². The first-order valence-electron chi connectivity index (χ1n) is 0. The molecule has 0 aromatic rings. The van der Waals surface area contributed by atoms with Crippen LogP contribution in [-0.4, -0.2) is 18.9 Å². The van der Waals surface area contributed by atoms with Crippen molar-refractivity contribution >= 4 is 18.9 Å². The summed E-state index contributed by atoms with van der Waals surface area (Å²) in [5.41, 5.74) is 0. The predicted octanol–water partition coefficient (Wildman–Crippen LogP) is 0.264. The van der Waals surface area contributed by atoms with E-state index >= 15 is 0 Å². The van der Waals surface area contributed by atoms with Crippen LogP contribution in [-0.2, 0) is 22.4 Å². The molecule has 0 bridgehead atoms. The molecule has 0 saturated heterocycles. The Bertz CT molecular complexity index is 8.49. The first kappa shape index (κ1) is 664. The van der Waals surface area contributed by atoms with E-state index in [4.69, 9.17) is 0 Å². The molecule has 0 spiro atoms. The van der Waals surface area contributed by atoms with Gasteiger partial charge in [-0.25, -0.2) is 0 Å². The number of hydrogen-bond acceptors (Lipinski definition) is 0. The molecule has 0 heterocycles. The Morgan fingerprint density at radius 3 is 0.375 bits per heavy atom. The van der Waals surface area contributed by atoms with Gasteiger partial charge in [-0.15, -0.1) is 0 Å². The minimum absolute atomic E-state index is 0. The van der Waals surface area contributed by atoms with Gasteiger partial charge in [0.15, 0.2) is 0 Å². The third kappa shape index (κ3) is 288. The first-order valence-corrected chi connectivity index (χ1v) is 0. The van der Waals surface area contributed by atoms with E-state index in [0.29, 0.717) is 0 Å². The zero-order valence-corrected chi connectivity index (χ0v) is 6.11. The van der Waals surface area contributed by atoms with Gasteiger partial charge in [-0.2, -0.15) is 0 Å². The molecule has 8 heteroatoms. The van der Waals surface area contributed by atoms with Gasteiger partial charge >= 0.3 is 18.9 Å². The monoisotopic (exact) mass is 309 g/mol. The summed E-state index contributed by atoms with van der Waals surface area (Å²) in [6.45, 7) is 0. The molecular weight excluding hydrogens is 302 g/mol. The maximum Gasteiger partial charge on any atom is 0 e. The Morgan fingerprint density at radius 1 is 0.375 bits per heavy atom. The van der Waals surface area contributed by atoms with Gasteiger partial charge in [0, 0.05) is 22.4 Å². The van der Waals surface area contributed by atoms with Crippen molar-refractivity contribution in [1.29, 1.82) is 0 Å². The number of rotatable bonds is 0. The minimum Gasteiger partial charge on any atom is 0 e. The van der Waals surface area contributed by atoms with Gasteiger partial charge in [-0.3, -0.25) is 28.2 Å². The zero-order chi connectivity index (χ0) is 0. The minimum atomic E-state index is 0. The van der Waals surface area contributed by atoms with Crippen LogP contribution in [0.3, 0.4) is 0 Å². The van der Waals surface area contributed by atoms with E-state index in [1.165, 1.54) is 0 Å². The Balaban J connectivity index is 0. The Labute approximate surface area is 69.7 Å². The van der Waals surface area contributed by atoms with Crippen molar-refractivity contribution in [2.45, 2.75) is 0 Å². The van der Waals surface area contributed by atoms with Crippen molar-refractivity contribution in [2.24, 2.45) is 0 Å². The van der Waals surface area contributed by atoms with Crippen LogP contribution in [0, 0.1) is 0 Å². The van der Waals surface area contributed by atoms with Crippen LogP contribution in [0.5, 0.6) is 0 Å². The summed E-state index contributed by atoms with van der Waals surface area (Å²) < 4.78 is 0. The fourth-order valence-corrected chi connectivity index (χ4v) is 0. The van der Waals surface area contributed by atoms with Crippen LogP contribution in [0.15, 0.2) is 0 Å². The second-order valence-electron chi connectivity index (χ2n) is 0. The van der Waals surface area contributed by atoms with Crippen LogP contribution in [0.2, 0.25) is 0 Å². The van der Waals surface area contributed by atoms with E-state index in [9.17, 15) is 0 Å². The van der Waals surface area contributed by atoms with Gasteiger partial charge in [0.05, 0.1) is 0 Å². The fourth-order valence-electron chi connectivity index (χ4n) is 0. The van der Waals surface area contributed by atoms with Gasteiger partial charge in [-0.1, -0.05) is 0 Å². The van der Waals surface area contributed by atoms with Crippen molar-refractivity contribution in [3.63, 3.8) is 0 Å². The first-order chi connectivity index (χ1) is 0. The average molecular weight is 309 g/mol. The summed E-state index contributed by atoms with van der Waals surface area (Å²) in [5.74, 6) is 0. The smallest absolute Gasteiger partial charge is 0 e. The summed E-state index contributed by atoms with van der Waals surface area (Å²) in [5, 5.41) is 0. The second-order valence-corrected chi connectivity index (χ2v) is 0. The number of halogens is 6. The van der Waals surface area contributed by atoms with Gasteiger partial charge in [0.2, 0.25) is 0 Å². The topological polar surface area (TPSA) is 0 Å². The molecule has 0 aliphatic heterocycles. The van der Waals surface area contributed by atoms with E-state index in [1.807, 2.05) is 0 Å². The SMILES string of the molecule is F.F.F.F.F.F.[LiH].[Ta]. The van der Waals surface area contributed by atoms with Gasteiger partial charge in [0.25, 0.3) is 0 Å². The molecule has 0 saturated carbocycles. The maximum absolute atomic E-state index is 0. The molecule has 0 aromatic carbocycles. The van der Waals surface area contributed by atoms with Gasteiger partial charge in [-0.05, 0) is 0 Å². The van der Waals surface area contributed by atoms with Gasteiger partial charge in [0.1, 0.15) is 0 Å². The molecule has 1 radical (unpaired) electrons. The molecule has 0 atom stereocenters. The molecule has 0 fully saturated rings. The Kier molecular flexibility index (Phi) is 37300. The van der Waals surface area contributed by atoms with E-state index in [0.717, 1.165) is 0 Å². The molecule has 0 N–H and O–H groups in total. The molecule has 0 aliphatic rings. The third-order valence-corrected chi connectivity index (χ3v) is 0. The van der Waals surface area contributed by atoms with Crippen LogP contribution in [0.25, 0.3) is 0 Å². The summed E-state index contributed by atoms with van der Waals surface area (Å²) in [6.07, 6.45) is 0. The molecule has 0 unspecified atom stereocenters. The average Bonchev–Trinajstić information content (AvgIpc) is 0. The van der Waals surface area contributed by atoms with Crippen molar-refractivity contribution in [3.05, 3.63) is 0 Å². The zero-order valence-electron chi connectivity index (χ0n) is 2.90. The van der Waals surface area contributed by atoms with Crippen molar-refractivity contribution < 1.29 is 50.6 Å². The van der Waals surface area contributed by atoms with Gasteiger partial charge < -0.3 is 0 Å². The molecule has 0 aromatic heterocycles. The molecule has 0 rings (SSSR count). The van der Waals surface area contributed by atoms with Crippen molar-refractivity contribution in [3.8, 4) is 0 Å². The van der Waals surface area contributed by atoms with Crippen LogP contribution >= 0.6 is 0 Å². The van der Waals surface area contributed by atoms with E-state index in [2.05, 4.69) is 0 Å². The molecule has 8 heavy (non-hydrogen) atoms. The normalized spacial score (nSPS) is 0. The fraction of sp³-hybridized carbons (Fsp3) is 0. The Morgan fingerprint density at radius 2 is 0.375 bits per heavy atom. The van der Waals surface area contributed by atoms with Crippen LogP contribution < -0.4 is 0 Å². The van der Waals surface area contributed by atoms with Crippen molar-refractivity contribution in [2.75, 3.05) is 0 Å². The quantitative estimate of drug-likeness (QED) is 0.445. The molecule has 0 nitrogen and oxygen atoms in total. The molecule has 0 amide bonds. The van der Waals surface area contributed by atoms with Crippen LogP contribution in [0.1, 0.15) is 0 Å². The summed E-state index contributed by atoms with van der Waals surface area (Å²) in [6, 6.07) is 0. The maximum atomic E-state index is 0.